The standard InChI is InChI=1S/C18H20N4O/c1-12-17-7-13(11-20-18(17)23-22-12)10-19-15-8-16(9-15)21-14-5-3-2-4-6-14/h2-7,11,15-16,19,21H,8-10H2,1H3. The van der Waals surface area contributed by atoms with Crippen LogP contribution in [0.2, 0.25) is 0 Å². The zero-order chi connectivity index (χ0) is 15.6. The molecule has 0 saturated heterocycles. The van der Waals surface area contributed by atoms with Crippen molar-refractivity contribution in [2.45, 2.75) is 38.4 Å². The first-order valence-corrected chi connectivity index (χ1v) is 8.04. The molecule has 0 unspecified atom stereocenters. The highest BCUT2D eigenvalue weighted by molar-refractivity contribution is 5.75. The number of aryl methyl sites for hydroxylation is 1. The number of hydrogen-bond acceptors (Lipinski definition) is 5. The zero-order valence-electron chi connectivity index (χ0n) is 13.1. The Morgan fingerprint density at radius 3 is 2.83 bits per heavy atom. The molecule has 1 fully saturated rings. The zero-order valence-corrected chi connectivity index (χ0v) is 13.1. The Morgan fingerprint density at radius 2 is 2.00 bits per heavy atom. The van der Waals surface area contributed by atoms with Crippen LogP contribution in [0.15, 0.2) is 47.1 Å². The number of benzene rings is 1. The lowest BCUT2D eigenvalue weighted by Gasteiger charge is -2.37. The number of rotatable bonds is 5. The van der Waals surface area contributed by atoms with Gasteiger partial charge in [0.2, 0.25) is 0 Å². The molecule has 0 spiro atoms. The van der Waals surface area contributed by atoms with Gasteiger partial charge in [0.15, 0.2) is 0 Å². The van der Waals surface area contributed by atoms with Crippen LogP contribution in [0.25, 0.3) is 11.1 Å². The van der Waals surface area contributed by atoms with E-state index < -0.39 is 0 Å². The van der Waals surface area contributed by atoms with Crippen molar-refractivity contribution in [1.82, 2.24) is 15.5 Å². The van der Waals surface area contributed by atoms with Gasteiger partial charge in [-0.15, -0.1) is 0 Å². The summed E-state index contributed by atoms with van der Waals surface area (Å²) in [5.41, 5.74) is 3.88. The summed E-state index contributed by atoms with van der Waals surface area (Å²) in [5.74, 6) is 0. The molecule has 23 heavy (non-hydrogen) atoms. The van der Waals surface area contributed by atoms with Crippen molar-refractivity contribution in [3.05, 3.63) is 53.9 Å². The van der Waals surface area contributed by atoms with Crippen molar-refractivity contribution in [3.63, 3.8) is 0 Å². The molecule has 1 saturated carbocycles. The van der Waals surface area contributed by atoms with E-state index in [9.17, 15) is 0 Å². The van der Waals surface area contributed by atoms with Crippen molar-refractivity contribution in [1.29, 1.82) is 0 Å². The van der Waals surface area contributed by atoms with Gasteiger partial charge in [-0.05, 0) is 43.5 Å². The molecule has 0 bridgehead atoms. The first kappa shape index (κ1) is 14.2. The minimum absolute atomic E-state index is 0.565. The number of nitrogens with one attached hydrogen (secondary N) is 2. The summed E-state index contributed by atoms with van der Waals surface area (Å²) in [7, 11) is 0. The Hall–Kier alpha value is -2.40. The smallest absolute Gasteiger partial charge is 0.257 e. The predicted octanol–water partition coefficient (Wildman–Crippen LogP) is 3.26. The van der Waals surface area contributed by atoms with Crippen LogP contribution in [0, 0.1) is 6.92 Å². The van der Waals surface area contributed by atoms with Crippen LogP contribution in [0.3, 0.4) is 0 Å². The fourth-order valence-corrected chi connectivity index (χ4v) is 3.02. The third-order valence-electron chi connectivity index (χ3n) is 4.44. The van der Waals surface area contributed by atoms with Gasteiger partial charge >= 0.3 is 0 Å². The maximum Gasteiger partial charge on any atom is 0.257 e. The summed E-state index contributed by atoms with van der Waals surface area (Å²) in [6, 6.07) is 13.6. The molecule has 5 heteroatoms. The maximum absolute atomic E-state index is 5.14. The van der Waals surface area contributed by atoms with Gasteiger partial charge < -0.3 is 15.2 Å². The average Bonchev–Trinajstić information content (AvgIpc) is 2.91. The molecule has 0 amide bonds. The Labute approximate surface area is 135 Å². The molecule has 2 aromatic heterocycles. The number of fused-ring (bicyclic) bond motifs is 1. The van der Waals surface area contributed by atoms with E-state index >= 15 is 0 Å². The molecule has 1 aliphatic carbocycles. The first-order chi connectivity index (χ1) is 11.3. The molecule has 3 aromatic rings. The Bertz CT molecular complexity index is 793. The van der Waals surface area contributed by atoms with E-state index in [1.807, 2.05) is 19.2 Å². The third-order valence-corrected chi connectivity index (χ3v) is 4.44. The summed E-state index contributed by atoms with van der Waals surface area (Å²) >= 11 is 0. The number of hydrogen-bond donors (Lipinski definition) is 2. The number of pyridine rings is 1. The number of para-hydroxylation sites is 1. The van der Waals surface area contributed by atoms with Crippen LogP contribution in [-0.4, -0.2) is 22.2 Å². The fraction of sp³-hybridized carbons (Fsp3) is 0.333. The molecule has 1 aliphatic rings. The maximum atomic E-state index is 5.14. The Kier molecular flexibility index (Phi) is 3.71. The van der Waals surface area contributed by atoms with Gasteiger partial charge in [0.25, 0.3) is 5.71 Å². The summed E-state index contributed by atoms with van der Waals surface area (Å²) in [6.07, 6.45) is 4.16. The summed E-state index contributed by atoms with van der Waals surface area (Å²) < 4.78 is 5.14. The minimum atomic E-state index is 0.565. The first-order valence-electron chi connectivity index (χ1n) is 8.04. The fourth-order valence-electron chi connectivity index (χ4n) is 3.02. The number of nitrogens with zero attached hydrogens (tertiary/aromatic N) is 2. The van der Waals surface area contributed by atoms with Crippen molar-refractivity contribution in [2.24, 2.45) is 0 Å². The van der Waals surface area contributed by atoms with E-state index in [2.05, 4.69) is 51.1 Å². The van der Waals surface area contributed by atoms with Gasteiger partial charge in [-0.1, -0.05) is 23.4 Å². The SMILES string of the molecule is Cc1noc2ncc(CNC3CC(Nc4ccccc4)C3)cc12. The predicted molar refractivity (Wildman–Crippen MR) is 90.3 cm³/mol. The molecular formula is C18H20N4O. The Balaban J connectivity index is 1.28. The van der Waals surface area contributed by atoms with Gasteiger partial charge in [0, 0.05) is 30.5 Å². The van der Waals surface area contributed by atoms with Crippen molar-refractivity contribution in [3.8, 4) is 0 Å². The van der Waals surface area contributed by atoms with E-state index in [1.54, 1.807) is 0 Å². The largest absolute Gasteiger partial charge is 0.382 e. The molecule has 2 heterocycles. The van der Waals surface area contributed by atoms with Gasteiger partial charge in [-0.25, -0.2) is 4.98 Å². The molecular weight excluding hydrogens is 288 g/mol. The van der Waals surface area contributed by atoms with Crippen molar-refractivity contribution >= 4 is 16.8 Å². The lowest BCUT2D eigenvalue weighted by atomic mass is 9.86. The molecule has 0 radical (unpaired) electrons. The second kappa shape index (κ2) is 6.01. The van der Waals surface area contributed by atoms with Crippen LogP contribution < -0.4 is 10.6 Å². The second-order valence-electron chi connectivity index (χ2n) is 6.22. The average molecular weight is 308 g/mol. The van der Waals surface area contributed by atoms with Crippen LogP contribution in [-0.2, 0) is 6.54 Å². The minimum Gasteiger partial charge on any atom is -0.382 e. The molecule has 2 N–H and O–H groups in total. The van der Waals surface area contributed by atoms with E-state index in [4.69, 9.17) is 4.52 Å². The second-order valence-corrected chi connectivity index (χ2v) is 6.22. The highest BCUT2D eigenvalue weighted by Gasteiger charge is 2.28. The van der Waals surface area contributed by atoms with Gasteiger partial charge in [-0.3, -0.25) is 0 Å². The van der Waals surface area contributed by atoms with E-state index in [-0.39, 0.29) is 0 Å². The van der Waals surface area contributed by atoms with E-state index in [0.29, 0.717) is 17.8 Å². The number of anilines is 1. The highest BCUT2D eigenvalue weighted by Crippen LogP contribution is 2.25. The topological polar surface area (TPSA) is 63.0 Å². The van der Waals surface area contributed by atoms with Crippen molar-refractivity contribution < 1.29 is 4.52 Å². The van der Waals surface area contributed by atoms with E-state index in [0.717, 1.165) is 30.5 Å². The van der Waals surface area contributed by atoms with Crippen LogP contribution >= 0.6 is 0 Å². The highest BCUT2D eigenvalue weighted by atomic mass is 16.5. The van der Waals surface area contributed by atoms with Gasteiger partial charge in [0.1, 0.15) is 0 Å². The van der Waals surface area contributed by atoms with Gasteiger partial charge in [0.05, 0.1) is 11.1 Å². The lowest BCUT2D eigenvalue weighted by molar-refractivity contribution is 0.307. The lowest BCUT2D eigenvalue weighted by Crippen LogP contribution is -2.47. The normalized spacial score (nSPS) is 20.4. The van der Waals surface area contributed by atoms with E-state index in [1.165, 1.54) is 11.3 Å². The summed E-state index contributed by atoms with van der Waals surface area (Å²) in [6.45, 7) is 2.77. The number of aromatic nitrogens is 2. The van der Waals surface area contributed by atoms with Crippen LogP contribution in [0.1, 0.15) is 24.1 Å². The molecule has 4 rings (SSSR count). The molecule has 1 aromatic carbocycles. The van der Waals surface area contributed by atoms with Crippen LogP contribution in [0.4, 0.5) is 5.69 Å². The molecule has 0 aliphatic heterocycles. The summed E-state index contributed by atoms with van der Waals surface area (Å²) in [5, 5.41) is 12.1. The Morgan fingerprint density at radius 1 is 1.17 bits per heavy atom. The van der Waals surface area contributed by atoms with Gasteiger partial charge in [-0.2, -0.15) is 0 Å². The molecule has 5 nitrogen and oxygen atoms in total. The van der Waals surface area contributed by atoms with Crippen molar-refractivity contribution in [2.75, 3.05) is 5.32 Å². The quantitative estimate of drug-likeness (QED) is 0.757. The van der Waals surface area contributed by atoms with Crippen LogP contribution in [0.5, 0.6) is 0 Å². The third kappa shape index (κ3) is 3.05. The summed E-state index contributed by atoms with van der Waals surface area (Å²) in [4.78, 5) is 4.31. The molecule has 0 atom stereocenters. The molecule has 118 valence electrons. The monoisotopic (exact) mass is 308 g/mol.